The van der Waals surface area contributed by atoms with Crippen LogP contribution in [0.1, 0.15) is 5.56 Å². The Kier molecular flexibility index (Phi) is 3.68. The third-order valence-electron chi connectivity index (χ3n) is 3.32. The van der Waals surface area contributed by atoms with Crippen molar-refractivity contribution in [1.82, 2.24) is 9.55 Å². The average molecular weight is 311 g/mol. The van der Waals surface area contributed by atoms with Crippen molar-refractivity contribution in [3.8, 4) is 17.3 Å². The molecular weight excluding hydrogens is 298 g/mol. The molecule has 0 atom stereocenters. The maximum absolute atomic E-state index is 12.1. The van der Waals surface area contributed by atoms with Crippen molar-refractivity contribution in [3.05, 3.63) is 68.5 Å². The minimum absolute atomic E-state index is 0.0609. The predicted molar refractivity (Wildman–Crippen MR) is 86.5 cm³/mol. The molecule has 2 heterocycles. The highest BCUT2D eigenvalue weighted by molar-refractivity contribution is 5.79. The summed E-state index contributed by atoms with van der Waals surface area (Å²) in [7, 11) is 1.45. The first-order valence-electron chi connectivity index (χ1n) is 6.76. The molecule has 3 rings (SSSR count). The lowest BCUT2D eigenvalue weighted by molar-refractivity contribution is 0.401. The molecule has 0 unspecified atom stereocenters. The van der Waals surface area contributed by atoms with E-state index in [0.29, 0.717) is 17.1 Å². The van der Waals surface area contributed by atoms with Crippen molar-refractivity contribution >= 4 is 12.3 Å². The second-order valence-electron chi connectivity index (χ2n) is 4.71. The fourth-order valence-corrected chi connectivity index (χ4v) is 2.25. The molecule has 1 aromatic heterocycles. The number of ether oxygens (including phenoxy) is 1. The maximum Gasteiger partial charge on any atom is 0.335 e. The van der Waals surface area contributed by atoms with Gasteiger partial charge in [-0.15, -0.1) is 0 Å². The summed E-state index contributed by atoms with van der Waals surface area (Å²) in [5.41, 5.74) is -0.699. The number of H-pyrrole nitrogens is 1. The molecule has 0 aliphatic carbocycles. The van der Waals surface area contributed by atoms with Gasteiger partial charge in [0, 0.05) is 6.21 Å². The Morgan fingerprint density at radius 3 is 2.78 bits per heavy atom. The number of allylic oxidation sites excluding steroid dienone is 2. The molecule has 7 nitrogen and oxygen atoms in total. The lowest BCUT2D eigenvalue weighted by atomic mass is 10.2. The molecule has 0 bridgehead atoms. The predicted octanol–water partition coefficient (Wildman–Crippen LogP) is 1.22. The number of aromatic nitrogens is 2. The van der Waals surface area contributed by atoms with Gasteiger partial charge in [-0.2, -0.15) is 0 Å². The van der Waals surface area contributed by atoms with Crippen LogP contribution in [0.5, 0.6) is 11.6 Å². The molecule has 2 aromatic rings. The highest BCUT2D eigenvalue weighted by Gasteiger charge is 2.17. The average Bonchev–Trinajstić information content (AvgIpc) is 3.05. The molecule has 1 aliphatic heterocycles. The monoisotopic (exact) mass is 311 g/mol. The number of nitrogens with zero attached hydrogens (tertiary/aromatic N) is 2. The summed E-state index contributed by atoms with van der Waals surface area (Å²) in [6.07, 6.45) is 6.34. The standard InChI is InChI=1S/C16H13N3O4/c1-23-13-7-3-2-6-12(13)19-15(21)11(14(20)18-16(19)22)9-10-5-4-8-17-10/h2-9,21H,1H3,(H,18,20,22). The number of hydrogen-bond acceptors (Lipinski definition) is 5. The first-order chi connectivity index (χ1) is 11.1. The zero-order valence-corrected chi connectivity index (χ0v) is 12.2. The molecule has 116 valence electrons. The fourth-order valence-electron chi connectivity index (χ4n) is 2.25. The van der Waals surface area contributed by atoms with Crippen LogP contribution >= 0.6 is 0 Å². The van der Waals surface area contributed by atoms with Gasteiger partial charge in [-0.1, -0.05) is 12.1 Å². The van der Waals surface area contributed by atoms with E-state index < -0.39 is 17.1 Å². The Morgan fingerprint density at radius 2 is 2.09 bits per heavy atom. The van der Waals surface area contributed by atoms with Crippen molar-refractivity contribution in [2.75, 3.05) is 7.11 Å². The number of nitrogens with one attached hydrogen (secondary N) is 1. The second-order valence-corrected chi connectivity index (χ2v) is 4.71. The van der Waals surface area contributed by atoms with Gasteiger partial charge < -0.3 is 9.84 Å². The van der Waals surface area contributed by atoms with Gasteiger partial charge in [0.2, 0.25) is 5.88 Å². The minimum atomic E-state index is -0.760. The Bertz CT molecular complexity index is 950. The zero-order valence-electron chi connectivity index (χ0n) is 12.2. The van der Waals surface area contributed by atoms with Crippen LogP contribution in [0, 0.1) is 0 Å². The molecule has 7 heteroatoms. The summed E-state index contributed by atoms with van der Waals surface area (Å²) >= 11 is 0. The van der Waals surface area contributed by atoms with Gasteiger partial charge >= 0.3 is 5.69 Å². The van der Waals surface area contributed by atoms with E-state index in [9.17, 15) is 14.7 Å². The van der Waals surface area contributed by atoms with Crippen molar-refractivity contribution in [3.63, 3.8) is 0 Å². The van der Waals surface area contributed by atoms with Crippen LogP contribution in [0.15, 0.2) is 56.7 Å². The lowest BCUT2D eigenvalue weighted by Crippen LogP contribution is -2.30. The second kappa shape index (κ2) is 5.80. The van der Waals surface area contributed by atoms with E-state index in [1.807, 2.05) is 0 Å². The summed E-state index contributed by atoms with van der Waals surface area (Å²) in [6, 6.07) is 6.67. The van der Waals surface area contributed by atoms with Crippen LogP contribution in [0.3, 0.4) is 0 Å². The van der Waals surface area contributed by atoms with Crippen LogP contribution in [0.2, 0.25) is 0 Å². The van der Waals surface area contributed by atoms with Crippen LogP contribution in [0.25, 0.3) is 11.8 Å². The van der Waals surface area contributed by atoms with Crippen LogP contribution in [0.4, 0.5) is 0 Å². The summed E-state index contributed by atoms with van der Waals surface area (Å²) in [5.74, 6) is -0.0967. The molecule has 2 N–H and O–H groups in total. The highest BCUT2D eigenvalue weighted by Crippen LogP contribution is 2.26. The van der Waals surface area contributed by atoms with E-state index in [0.717, 1.165) is 4.57 Å². The number of aromatic amines is 1. The summed E-state index contributed by atoms with van der Waals surface area (Å²) in [6.45, 7) is 0. The van der Waals surface area contributed by atoms with Gasteiger partial charge in [-0.3, -0.25) is 14.8 Å². The van der Waals surface area contributed by atoms with Gasteiger partial charge in [-0.25, -0.2) is 9.36 Å². The van der Waals surface area contributed by atoms with Crippen molar-refractivity contribution < 1.29 is 9.84 Å². The van der Waals surface area contributed by atoms with Crippen LogP contribution < -0.4 is 16.0 Å². The first-order valence-corrected chi connectivity index (χ1v) is 6.76. The van der Waals surface area contributed by atoms with E-state index >= 15 is 0 Å². The smallest absolute Gasteiger partial charge is 0.335 e. The van der Waals surface area contributed by atoms with Crippen LogP contribution in [-0.4, -0.2) is 28.0 Å². The number of para-hydroxylation sites is 2. The normalized spacial score (nSPS) is 14.6. The number of rotatable bonds is 3. The number of hydrogen-bond donors (Lipinski definition) is 2. The van der Waals surface area contributed by atoms with Gasteiger partial charge in [0.15, 0.2) is 0 Å². The first kappa shape index (κ1) is 14.6. The van der Waals surface area contributed by atoms with E-state index in [1.54, 1.807) is 42.6 Å². The summed E-state index contributed by atoms with van der Waals surface area (Å²) < 4.78 is 6.18. The third kappa shape index (κ3) is 2.59. The number of aromatic hydroxyl groups is 1. The van der Waals surface area contributed by atoms with E-state index in [1.165, 1.54) is 13.2 Å². The molecule has 0 saturated heterocycles. The maximum atomic E-state index is 12.1. The molecule has 1 aliphatic rings. The molecule has 23 heavy (non-hydrogen) atoms. The SMILES string of the molecule is COc1ccccc1-n1c(O)c(C=C2C=CC=N2)c(=O)[nH]c1=O. The summed E-state index contributed by atoms with van der Waals surface area (Å²) in [5, 5.41) is 10.5. The lowest BCUT2D eigenvalue weighted by Gasteiger charge is -2.13. The van der Waals surface area contributed by atoms with Gasteiger partial charge in [0.05, 0.1) is 18.5 Å². The van der Waals surface area contributed by atoms with Gasteiger partial charge in [0.1, 0.15) is 11.3 Å². The highest BCUT2D eigenvalue weighted by atomic mass is 16.5. The zero-order chi connectivity index (χ0) is 16.4. The van der Waals surface area contributed by atoms with Crippen molar-refractivity contribution in [2.45, 2.75) is 0 Å². The molecule has 0 radical (unpaired) electrons. The Hall–Kier alpha value is -3.35. The van der Waals surface area contributed by atoms with Crippen LogP contribution in [-0.2, 0) is 0 Å². The largest absolute Gasteiger partial charge is 0.495 e. The molecule has 0 spiro atoms. The molecule has 1 aromatic carbocycles. The number of methoxy groups -OCH3 is 1. The van der Waals surface area contributed by atoms with Gasteiger partial charge in [0.25, 0.3) is 5.56 Å². The Balaban J connectivity index is 2.29. The molecule has 0 fully saturated rings. The van der Waals surface area contributed by atoms with Crippen molar-refractivity contribution in [2.24, 2.45) is 4.99 Å². The molecule has 0 saturated carbocycles. The summed E-state index contributed by atoms with van der Waals surface area (Å²) in [4.78, 5) is 30.4. The van der Waals surface area contributed by atoms with E-state index in [4.69, 9.17) is 4.74 Å². The molecular formula is C16H13N3O4. The Labute approximate surface area is 130 Å². The van der Waals surface area contributed by atoms with Crippen molar-refractivity contribution in [1.29, 1.82) is 0 Å². The molecule has 0 amide bonds. The Morgan fingerprint density at radius 1 is 1.30 bits per heavy atom. The van der Waals surface area contributed by atoms with E-state index in [-0.39, 0.29) is 5.56 Å². The quantitative estimate of drug-likeness (QED) is 0.890. The van der Waals surface area contributed by atoms with E-state index in [2.05, 4.69) is 9.98 Å². The topological polar surface area (TPSA) is 96.7 Å². The number of benzene rings is 1. The fraction of sp³-hybridized carbons (Fsp3) is 0.0625. The third-order valence-corrected chi connectivity index (χ3v) is 3.32. The van der Waals surface area contributed by atoms with Gasteiger partial charge in [-0.05, 0) is 30.4 Å². The number of aliphatic imine (C=N–C) groups is 1. The minimum Gasteiger partial charge on any atom is -0.495 e.